The van der Waals surface area contributed by atoms with Crippen molar-refractivity contribution >= 4 is 23.4 Å². The van der Waals surface area contributed by atoms with Gasteiger partial charge in [-0.25, -0.2) is 0 Å². The molecule has 2 atom stereocenters. The highest BCUT2D eigenvalue weighted by Crippen LogP contribution is 2.36. The Balaban J connectivity index is 1.67. The highest BCUT2D eigenvalue weighted by molar-refractivity contribution is 7.99. The molecule has 0 amide bonds. The second kappa shape index (κ2) is 6.08. The third kappa shape index (κ3) is 3.11. The third-order valence-corrected chi connectivity index (χ3v) is 4.71. The van der Waals surface area contributed by atoms with E-state index in [0.29, 0.717) is 11.4 Å². The lowest BCUT2D eigenvalue weighted by molar-refractivity contribution is 0.0468. The number of halogens is 1. The second-order valence-electron chi connectivity index (χ2n) is 4.81. The fraction of sp³-hybridized carbons (Fsp3) is 0.250. The summed E-state index contributed by atoms with van der Waals surface area (Å²) in [6.07, 6.45) is -0.118. The van der Waals surface area contributed by atoms with Crippen LogP contribution in [0, 0.1) is 0 Å². The number of para-hydroxylation sites is 1. The number of aliphatic hydroxyl groups is 1. The lowest BCUT2D eigenvalue weighted by Gasteiger charge is -2.29. The fourth-order valence-electron chi connectivity index (χ4n) is 2.22. The van der Waals surface area contributed by atoms with Crippen molar-refractivity contribution in [3.63, 3.8) is 0 Å². The summed E-state index contributed by atoms with van der Waals surface area (Å²) in [7, 11) is 0. The van der Waals surface area contributed by atoms with Crippen molar-refractivity contribution in [3.8, 4) is 5.75 Å². The number of rotatable bonds is 3. The van der Waals surface area contributed by atoms with Gasteiger partial charge in [-0.15, -0.1) is 11.8 Å². The van der Waals surface area contributed by atoms with Gasteiger partial charge in [0.05, 0.1) is 6.10 Å². The molecule has 0 fully saturated rings. The molecule has 1 aliphatic heterocycles. The maximum atomic E-state index is 10.4. The van der Waals surface area contributed by atoms with Gasteiger partial charge in [-0.05, 0) is 29.8 Å². The second-order valence-corrected chi connectivity index (χ2v) is 6.31. The monoisotopic (exact) mass is 306 g/mol. The van der Waals surface area contributed by atoms with E-state index in [0.717, 1.165) is 22.0 Å². The molecule has 3 rings (SSSR count). The van der Waals surface area contributed by atoms with Crippen LogP contribution in [0.3, 0.4) is 0 Å². The molecule has 104 valence electrons. The topological polar surface area (TPSA) is 29.5 Å². The summed E-state index contributed by atoms with van der Waals surface area (Å²) in [6.45, 7) is 0. The summed E-state index contributed by atoms with van der Waals surface area (Å²) in [5.41, 5.74) is 1.06. The largest absolute Gasteiger partial charge is 0.486 e. The molecule has 0 saturated carbocycles. The maximum absolute atomic E-state index is 10.4. The fourth-order valence-corrected chi connectivity index (χ4v) is 3.41. The average molecular weight is 307 g/mol. The molecular weight excluding hydrogens is 292 g/mol. The smallest absolute Gasteiger partial charge is 0.134 e. The molecule has 2 nitrogen and oxygen atoms in total. The Morgan fingerprint density at radius 2 is 1.95 bits per heavy atom. The van der Waals surface area contributed by atoms with Gasteiger partial charge in [-0.3, -0.25) is 0 Å². The molecule has 2 aromatic rings. The molecule has 0 saturated heterocycles. The van der Waals surface area contributed by atoms with Crippen molar-refractivity contribution in [1.82, 2.24) is 0 Å². The van der Waals surface area contributed by atoms with Crippen LogP contribution in [-0.4, -0.2) is 23.1 Å². The summed E-state index contributed by atoms with van der Waals surface area (Å²) in [6, 6.07) is 15.5. The van der Waals surface area contributed by atoms with Crippen LogP contribution in [0.4, 0.5) is 0 Å². The van der Waals surface area contributed by atoms with Gasteiger partial charge >= 0.3 is 0 Å². The van der Waals surface area contributed by atoms with E-state index in [9.17, 15) is 5.11 Å². The quantitative estimate of drug-likeness (QED) is 0.935. The first-order chi connectivity index (χ1) is 9.72. The SMILES string of the molecule is OC(Cc1ccc(Cl)cc1)C1CSc2ccccc2O1. The van der Waals surface area contributed by atoms with Crippen molar-refractivity contribution in [1.29, 1.82) is 0 Å². The minimum atomic E-state index is -0.517. The Kier molecular flexibility index (Phi) is 4.20. The zero-order valence-electron chi connectivity index (χ0n) is 10.8. The lowest BCUT2D eigenvalue weighted by Crippen LogP contribution is -2.37. The standard InChI is InChI=1S/C16H15ClO2S/c17-12-7-5-11(6-8-12)9-13(18)15-10-20-16-4-2-1-3-14(16)19-15/h1-8,13,15,18H,9-10H2. The van der Waals surface area contributed by atoms with Crippen LogP contribution in [0.2, 0.25) is 5.02 Å². The van der Waals surface area contributed by atoms with Crippen LogP contribution in [0.1, 0.15) is 5.56 Å². The van der Waals surface area contributed by atoms with E-state index in [1.165, 1.54) is 0 Å². The van der Waals surface area contributed by atoms with Gasteiger partial charge in [0.1, 0.15) is 11.9 Å². The van der Waals surface area contributed by atoms with Crippen molar-refractivity contribution < 1.29 is 9.84 Å². The van der Waals surface area contributed by atoms with E-state index in [2.05, 4.69) is 0 Å². The zero-order valence-corrected chi connectivity index (χ0v) is 12.4. The van der Waals surface area contributed by atoms with Gasteiger partial charge in [0, 0.05) is 22.1 Å². The van der Waals surface area contributed by atoms with E-state index in [1.54, 1.807) is 11.8 Å². The Labute approximate surface area is 127 Å². The van der Waals surface area contributed by atoms with Crippen LogP contribution >= 0.6 is 23.4 Å². The maximum Gasteiger partial charge on any atom is 0.134 e. The highest BCUT2D eigenvalue weighted by atomic mass is 35.5. The van der Waals surface area contributed by atoms with E-state index >= 15 is 0 Å². The molecule has 20 heavy (non-hydrogen) atoms. The molecule has 2 aromatic carbocycles. The number of thioether (sulfide) groups is 1. The number of aliphatic hydroxyl groups excluding tert-OH is 1. The van der Waals surface area contributed by atoms with E-state index in [-0.39, 0.29) is 6.10 Å². The van der Waals surface area contributed by atoms with Gasteiger partial charge in [0.15, 0.2) is 0 Å². The summed E-state index contributed by atoms with van der Waals surface area (Å²) < 4.78 is 5.89. The Morgan fingerprint density at radius 3 is 2.75 bits per heavy atom. The first-order valence-electron chi connectivity index (χ1n) is 6.53. The van der Waals surface area contributed by atoms with E-state index < -0.39 is 6.10 Å². The number of ether oxygens (including phenoxy) is 1. The van der Waals surface area contributed by atoms with Crippen LogP contribution in [0.25, 0.3) is 0 Å². The van der Waals surface area contributed by atoms with Crippen molar-refractivity contribution in [3.05, 3.63) is 59.1 Å². The Bertz CT molecular complexity index is 585. The van der Waals surface area contributed by atoms with Gasteiger partial charge in [0.25, 0.3) is 0 Å². The van der Waals surface area contributed by atoms with E-state index in [4.69, 9.17) is 16.3 Å². The van der Waals surface area contributed by atoms with Crippen molar-refractivity contribution in [2.45, 2.75) is 23.5 Å². The summed E-state index contributed by atoms with van der Waals surface area (Å²) in [5, 5.41) is 11.1. The molecule has 1 N–H and O–H groups in total. The number of fused-ring (bicyclic) bond motifs is 1. The van der Waals surface area contributed by atoms with Crippen molar-refractivity contribution in [2.75, 3.05) is 5.75 Å². The molecule has 0 aromatic heterocycles. The van der Waals surface area contributed by atoms with E-state index in [1.807, 2.05) is 48.5 Å². The molecule has 0 radical (unpaired) electrons. The normalized spacial score (nSPS) is 19.0. The predicted octanol–water partition coefficient (Wildman–Crippen LogP) is 3.80. The predicted molar refractivity (Wildman–Crippen MR) is 82.7 cm³/mol. The number of hydrogen-bond donors (Lipinski definition) is 1. The third-order valence-electron chi connectivity index (χ3n) is 3.32. The van der Waals surface area contributed by atoms with Crippen LogP contribution < -0.4 is 4.74 Å². The minimum absolute atomic E-state index is 0.175. The summed E-state index contributed by atoms with van der Waals surface area (Å²) in [4.78, 5) is 1.14. The van der Waals surface area contributed by atoms with Gasteiger partial charge < -0.3 is 9.84 Å². The highest BCUT2D eigenvalue weighted by Gasteiger charge is 2.26. The van der Waals surface area contributed by atoms with Crippen LogP contribution in [0.5, 0.6) is 5.75 Å². The van der Waals surface area contributed by atoms with Crippen LogP contribution in [-0.2, 0) is 6.42 Å². The summed E-state index contributed by atoms with van der Waals surface area (Å²) >= 11 is 7.59. The minimum Gasteiger partial charge on any atom is -0.486 e. The molecule has 0 aliphatic carbocycles. The van der Waals surface area contributed by atoms with Gasteiger partial charge in [-0.2, -0.15) is 0 Å². The zero-order chi connectivity index (χ0) is 13.9. The van der Waals surface area contributed by atoms with Crippen LogP contribution in [0.15, 0.2) is 53.4 Å². The molecule has 1 heterocycles. The van der Waals surface area contributed by atoms with Crippen molar-refractivity contribution in [2.24, 2.45) is 0 Å². The first kappa shape index (κ1) is 13.8. The molecule has 1 aliphatic rings. The van der Waals surface area contributed by atoms with Gasteiger partial charge in [0.2, 0.25) is 0 Å². The molecule has 2 unspecified atom stereocenters. The number of hydrogen-bond acceptors (Lipinski definition) is 3. The Morgan fingerprint density at radius 1 is 1.20 bits per heavy atom. The molecular formula is C16H15ClO2S. The lowest BCUT2D eigenvalue weighted by atomic mass is 10.0. The molecule has 0 spiro atoms. The van der Waals surface area contributed by atoms with Gasteiger partial charge in [-0.1, -0.05) is 35.9 Å². The number of benzene rings is 2. The molecule has 4 heteroatoms. The average Bonchev–Trinajstić information content (AvgIpc) is 2.49. The first-order valence-corrected chi connectivity index (χ1v) is 7.90. The summed E-state index contributed by atoms with van der Waals surface area (Å²) in [5.74, 6) is 1.63. The Hall–Kier alpha value is -1.16. The molecule has 0 bridgehead atoms.